The van der Waals surface area contributed by atoms with E-state index in [1.54, 1.807) is 0 Å². The molecule has 3 fully saturated rings. The number of hydrogen-bond acceptors (Lipinski definition) is 3. The Morgan fingerprint density at radius 3 is 2.53 bits per heavy atom. The van der Waals surface area contributed by atoms with Crippen LogP contribution in [0.5, 0.6) is 0 Å². The van der Waals surface area contributed by atoms with Gasteiger partial charge in [-0.15, -0.1) is 0 Å². The number of nitrogens with zero attached hydrogens (tertiary/aromatic N) is 2. The minimum Gasteiger partial charge on any atom is -0.393 e. The standard InChI is InChI=1S/C15H26N2O2/c1-16-5-3-2-4-13(16)8-15(19)17-9-11-6-14(18)7-12(11)10-17/h11-14,18H,2-10H2,1H3/t11-,12+,13?,14?. The molecule has 4 nitrogen and oxygen atoms in total. The van der Waals surface area contributed by atoms with E-state index < -0.39 is 0 Å². The summed E-state index contributed by atoms with van der Waals surface area (Å²) in [5.41, 5.74) is 0. The lowest BCUT2D eigenvalue weighted by atomic mass is 9.99. The van der Waals surface area contributed by atoms with E-state index in [4.69, 9.17) is 0 Å². The lowest BCUT2D eigenvalue weighted by molar-refractivity contribution is -0.132. The van der Waals surface area contributed by atoms with Crippen LogP contribution >= 0.6 is 0 Å². The maximum absolute atomic E-state index is 12.4. The van der Waals surface area contributed by atoms with Gasteiger partial charge in [0.15, 0.2) is 0 Å². The summed E-state index contributed by atoms with van der Waals surface area (Å²) in [7, 11) is 2.15. The van der Waals surface area contributed by atoms with Gasteiger partial charge in [-0.2, -0.15) is 0 Å². The quantitative estimate of drug-likeness (QED) is 0.813. The van der Waals surface area contributed by atoms with Gasteiger partial charge in [-0.05, 0) is 51.1 Å². The molecule has 1 N–H and O–H groups in total. The number of carbonyl (C=O) groups is 1. The van der Waals surface area contributed by atoms with Crippen molar-refractivity contribution in [3.63, 3.8) is 0 Å². The van der Waals surface area contributed by atoms with Crippen molar-refractivity contribution in [1.82, 2.24) is 9.80 Å². The summed E-state index contributed by atoms with van der Waals surface area (Å²) < 4.78 is 0. The average Bonchev–Trinajstić information content (AvgIpc) is 2.89. The predicted molar refractivity (Wildman–Crippen MR) is 73.7 cm³/mol. The summed E-state index contributed by atoms with van der Waals surface area (Å²) in [6.07, 6.45) is 6.08. The molecule has 2 saturated heterocycles. The molecule has 19 heavy (non-hydrogen) atoms. The van der Waals surface area contributed by atoms with E-state index in [0.29, 0.717) is 30.2 Å². The Kier molecular flexibility index (Phi) is 3.81. The van der Waals surface area contributed by atoms with Crippen LogP contribution in [0.1, 0.15) is 38.5 Å². The second-order valence-electron chi connectivity index (χ2n) is 6.78. The van der Waals surface area contributed by atoms with Gasteiger partial charge >= 0.3 is 0 Å². The van der Waals surface area contributed by atoms with Crippen LogP contribution in [0.4, 0.5) is 0 Å². The monoisotopic (exact) mass is 266 g/mol. The fraction of sp³-hybridized carbons (Fsp3) is 0.933. The Morgan fingerprint density at radius 1 is 1.21 bits per heavy atom. The number of fused-ring (bicyclic) bond motifs is 1. The number of aliphatic hydroxyl groups is 1. The minimum absolute atomic E-state index is 0.114. The van der Waals surface area contributed by atoms with Crippen molar-refractivity contribution in [3.05, 3.63) is 0 Å². The third-order valence-electron chi connectivity index (χ3n) is 5.41. The van der Waals surface area contributed by atoms with Crippen LogP contribution in [-0.2, 0) is 4.79 Å². The predicted octanol–water partition coefficient (Wildman–Crippen LogP) is 1.09. The molecule has 0 aromatic rings. The molecule has 0 bridgehead atoms. The summed E-state index contributed by atoms with van der Waals surface area (Å²) in [6.45, 7) is 2.91. The van der Waals surface area contributed by atoms with Crippen LogP contribution in [-0.4, -0.2) is 59.6 Å². The van der Waals surface area contributed by atoms with E-state index >= 15 is 0 Å². The Hall–Kier alpha value is -0.610. The molecule has 0 aromatic carbocycles. The molecule has 108 valence electrons. The molecule has 3 aliphatic rings. The SMILES string of the molecule is CN1CCCCC1CC(=O)N1C[C@H]2CC(O)C[C@H]2C1. The maximum atomic E-state index is 12.4. The van der Waals surface area contributed by atoms with Crippen molar-refractivity contribution in [2.45, 2.75) is 50.7 Å². The largest absolute Gasteiger partial charge is 0.393 e. The maximum Gasteiger partial charge on any atom is 0.224 e. The average molecular weight is 266 g/mol. The molecular weight excluding hydrogens is 240 g/mol. The highest BCUT2D eigenvalue weighted by atomic mass is 16.3. The zero-order chi connectivity index (χ0) is 13.4. The molecule has 0 radical (unpaired) electrons. The molecule has 4 heteroatoms. The molecule has 3 rings (SSSR count). The molecule has 1 saturated carbocycles. The smallest absolute Gasteiger partial charge is 0.224 e. The summed E-state index contributed by atoms with van der Waals surface area (Å²) in [5, 5.41) is 9.65. The molecule has 0 aromatic heterocycles. The second-order valence-corrected chi connectivity index (χ2v) is 6.78. The first-order chi connectivity index (χ1) is 9.13. The van der Waals surface area contributed by atoms with Crippen molar-refractivity contribution in [2.75, 3.05) is 26.7 Å². The molecule has 2 aliphatic heterocycles. The Balaban J connectivity index is 1.51. The van der Waals surface area contributed by atoms with E-state index in [-0.39, 0.29) is 6.10 Å². The van der Waals surface area contributed by atoms with Crippen LogP contribution in [0.2, 0.25) is 0 Å². The molecule has 0 spiro atoms. The van der Waals surface area contributed by atoms with E-state index in [1.165, 1.54) is 19.3 Å². The third-order valence-corrected chi connectivity index (χ3v) is 5.41. The summed E-state index contributed by atoms with van der Waals surface area (Å²) in [6, 6.07) is 0.451. The van der Waals surface area contributed by atoms with E-state index in [0.717, 1.165) is 32.5 Å². The van der Waals surface area contributed by atoms with Crippen molar-refractivity contribution < 1.29 is 9.90 Å². The van der Waals surface area contributed by atoms with Gasteiger partial charge in [-0.25, -0.2) is 0 Å². The molecule has 2 unspecified atom stereocenters. The van der Waals surface area contributed by atoms with Gasteiger partial charge in [0.1, 0.15) is 0 Å². The lowest BCUT2D eigenvalue weighted by Gasteiger charge is -2.33. The first-order valence-corrected chi connectivity index (χ1v) is 7.79. The fourth-order valence-electron chi connectivity index (χ4n) is 4.20. The number of aliphatic hydroxyl groups excluding tert-OH is 1. The first kappa shape index (κ1) is 13.4. The van der Waals surface area contributed by atoms with Crippen LogP contribution in [0.3, 0.4) is 0 Å². The third kappa shape index (κ3) is 2.79. The molecule has 1 aliphatic carbocycles. The highest BCUT2D eigenvalue weighted by molar-refractivity contribution is 5.77. The lowest BCUT2D eigenvalue weighted by Crippen LogP contribution is -2.41. The zero-order valence-corrected chi connectivity index (χ0v) is 11.9. The zero-order valence-electron chi connectivity index (χ0n) is 11.9. The highest BCUT2D eigenvalue weighted by Gasteiger charge is 2.42. The van der Waals surface area contributed by atoms with Crippen LogP contribution in [0, 0.1) is 11.8 Å². The van der Waals surface area contributed by atoms with Crippen LogP contribution in [0.25, 0.3) is 0 Å². The topological polar surface area (TPSA) is 43.8 Å². The van der Waals surface area contributed by atoms with E-state index in [9.17, 15) is 9.90 Å². The second kappa shape index (κ2) is 5.41. The van der Waals surface area contributed by atoms with Gasteiger partial charge < -0.3 is 14.9 Å². The van der Waals surface area contributed by atoms with Gasteiger partial charge in [-0.1, -0.05) is 6.42 Å². The normalized spacial score (nSPS) is 39.6. The fourth-order valence-corrected chi connectivity index (χ4v) is 4.20. The number of likely N-dealkylation sites (tertiary alicyclic amines) is 2. The molecule has 4 atom stereocenters. The van der Waals surface area contributed by atoms with Crippen molar-refractivity contribution in [2.24, 2.45) is 11.8 Å². The van der Waals surface area contributed by atoms with Crippen LogP contribution < -0.4 is 0 Å². The first-order valence-electron chi connectivity index (χ1n) is 7.79. The molecule has 1 amide bonds. The Bertz CT molecular complexity index is 333. The number of piperidine rings is 1. The van der Waals surface area contributed by atoms with E-state index in [1.807, 2.05) is 0 Å². The van der Waals surface area contributed by atoms with Gasteiger partial charge in [0, 0.05) is 25.6 Å². The van der Waals surface area contributed by atoms with Gasteiger partial charge in [0.2, 0.25) is 5.91 Å². The minimum atomic E-state index is -0.114. The highest BCUT2D eigenvalue weighted by Crippen LogP contribution is 2.38. The Labute approximate surface area is 115 Å². The van der Waals surface area contributed by atoms with Crippen LogP contribution in [0.15, 0.2) is 0 Å². The van der Waals surface area contributed by atoms with E-state index in [2.05, 4.69) is 16.8 Å². The Morgan fingerprint density at radius 2 is 1.89 bits per heavy atom. The van der Waals surface area contributed by atoms with Crippen molar-refractivity contribution >= 4 is 5.91 Å². The van der Waals surface area contributed by atoms with Gasteiger partial charge in [-0.3, -0.25) is 4.79 Å². The number of hydrogen-bond donors (Lipinski definition) is 1. The van der Waals surface area contributed by atoms with Gasteiger partial charge in [0.05, 0.1) is 6.10 Å². The van der Waals surface area contributed by atoms with Crippen molar-refractivity contribution in [3.8, 4) is 0 Å². The summed E-state index contributed by atoms with van der Waals surface area (Å²) >= 11 is 0. The summed E-state index contributed by atoms with van der Waals surface area (Å²) in [4.78, 5) is 16.8. The van der Waals surface area contributed by atoms with Gasteiger partial charge in [0.25, 0.3) is 0 Å². The molecular formula is C15H26N2O2. The molecule has 2 heterocycles. The number of carbonyl (C=O) groups excluding carboxylic acids is 1. The number of amides is 1. The summed E-state index contributed by atoms with van der Waals surface area (Å²) in [5.74, 6) is 1.45. The number of rotatable bonds is 2. The van der Waals surface area contributed by atoms with Crippen molar-refractivity contribution in [1.29, 1.82) is 0 Å².